The highest BCUT2D eigenvalue weighted by Crippen LogP contribution is 2.29. The molecule has 1 aliphatic rings. The Morgan fingerprint density at radius 2 is 1.69 bits per heavy atom. The first-order valence-corrected chi connectivity index (χ1v) is 9.82. The molecule has 0 atom stereocenters. The maximum absolute atomic E-state index is 12.8. The minimum Gasteiger partial charge on any atom is -0.341 e. The van der Waals surface area contributed by atoms with Crippen molar-refractivity contribution in [3.63, 3.8) is 0 Å². The Bertz CT molecular complexity index is 798. The molecule has 6 heteroatoms. The van der Waals surface area contributed by atoms with Crippen LogP contribution in [-0.2, 0) is 16.0 Å². The number of carbonyl (C=O) groups is 2. The van der Waals surface area contributed by atoms with Gasteiger partial charge in [-0.1, -0.05) is 29.8 Å². The van der Waals surface area contributed by atoms with E-state index in [0.29, 0.717) is 26.1 Å². The van der Waals surface area contributed by atoms with Gasteiger partial charge in [0.2, 0.25) is 11.8 Å². The van der Waals surface area contributed by atoms with Crippen molar-refractivity contribution in [2.45, 2.75) is 33.6 Å². The number of carbonyl (C=O) groups excluding carboxylic acids is 2. The molecule has 2 heterocycles. The molecule has 1 aromatic heterocycles. The van der Waals surface area contributed by atoms with Crippen LogP contribution in [-0.4, -0.2) is 52.8 Å². The lowest BCUT2D eigenvalue weighted by molar-refractivity contribution is -0.132. The second-order valence-corrected chi connectivity index (χ2v) is 8.08. The summed E-state index contributed by atoms with van der Waals surface area (Å²) in [5.41, 5.74) is 3.18. The van der Waals surface area contributed by atoms with E-state index in [1.165, 1.54) is 5.56 Å². The molecule has 0 bridgehead atoms. The van der Waals surface area contributed by atoms with Crippen molar-refractivity contribution in [2.75, 3.05) is 26.2 Å². The van der Waals surface area contributed by atoms with E-state index in [1.807, 2.05) is 16.7 Å². The number of aryl methyl sites for hydroxylation is 2. The van der Waals surface area contributed by atoms with Gasteiger partial charge in [-0.15, -0.1) is 11.3 Å². The summed E-state index contributed by atoms with van der Waals surface area (Å²) in [6, 6.07) is 8.27. The fourth-order valence-electron chi connectivity index (χ4n) is 3.26. The smallest absolute Gasteiger partial charge is 0.227 e. The molecule has 26 heavy (non-hydrogen) atoms. The maximum atomic E-state index is 12.8. The average molecular weight is 372 g/mol. The molecule has 1 aliphatic heterocycles. The Morgan fingerprint density at radius 3 is 2.38 bits per heavy atom. The molecule has 0 N–H and O–H groups in total. The summed E-state index contributed by atoms with van der Waals surface area (Å²) in [5, 5.41) is 0.974. The molecule has 1 fully saturated rings. The highest BCUT2D eigenvalue weighted by atomic mass is 32.1. The van der Waals surface area contributed by atoms with Crippen LogP contribution in [0.4, 0.5) is 0 Å². The molecule has 2 aromatic rings. The van der Waals surface area contributed by atoms with E-state index in [2.05, 4.69) is 36.2 Å². The third kappa shape index (κ3) is 4.30. The average Bonchev–Trinajstić information content (AvgIpc) is 2.82. The van der Waals surface area contributed by atoms with Gasteiger partial charge in [-0.25, -0.2) is 4.98 Å². The second-order valence-electron chi connectivity index (χ2n) is 6.79. The SMILES string of the molecule is CC(=O)N1CCCN(C(=O)Cc2sc(C)nc2-c2ccc(C)cc2)CC1. The summed E-state index contributed by atoms with van der Waals surface area (Å²) in [6.07, 6.45) is 1.20. The lowest BCUT2D eigenvalue weighted by atomic mass is 10.1. The van der Waals surface area contributed by atoms with E-state index in [0.717, 1.165) is 34.1 Å². The van der Waals surface area contributed by atoms with Crippen LogP contribution in [0.15, 0.2) is 24.3 Å². The molecule has 1 aromatic carbocycles. The highest BCUT2D eigenvalue weighted by Gasteiger charge is 2.22. The summed E-state index contributed by atoms with van der Waals surface area (Å²) in [4.78, 5) is 33.8. The van der Waals surface area contributed by atoms with Crippen molar-refractivity contribution in [1.82, 2.24) is 14.8 Å². The zero-order chi connectivity index (χ0) is 18.7. The van der Waals surface area contributed by atoms with Gasteiger partial charge in [0.25, 0.3) is 0 Å². The highest BCUT2D eigenvalue weighted by molar-refractivity contribution is 7.12. The summed E-state index contributed by atoms with van der Waals surface area (Å²) in [5.74, 6) is 0.200. The van der Waals surface area contributed by atoms with Crippen LogP contribution >= 0.6 is 11.3 Å². The molecule has 0 radical (unpaired) electrons. The van der Waals surface area contributed by atoms with Crippen molar-refractivity contribution >= 4 is 23.2 Å². The maximum Gasteiger partial charge on any atom is 0.227 e. The van der Waals surface area contributed by atoms with Crippen LogP contribution in [0.3, 0.4) is 0 Å². The fraction of sp³-hybridized carbons (Fsp3) is 0.450. The largest absolute Gasteiger partial charge is 0.341 e. The van der Waals surface area contributed by atoms with E-state index in [4.69, 9.17) is 0 Å². The van der Waals surface area contributed by atoms with Gasteiger partial charge >= 0.3 is 0 Å². The van der Waals surface area contributed by atoms with Gasteiger partial charge in [-0.3, -0.25) is 9.59 Å². The van der Waals surface area contributed by atoms with Gasteiger partial charge in [0, 0.05) is 43.5 Å². The summed E-state index contributed by atoms with van der Waals surface area (Å²) in [7, 11) is 0. The Morgan fingerprint density at radius 1 is 1.04 bits per heavy atom. The molecule has 1 saturated heterocycles. The number of hydrogen-bond donors (Lipinski definition) is 0. The molecular weight excluding hydrogens is 346 g/mol. The standard InChI is InChI=1S/C20H25N3O2S/c1-14-5-7-17(8-6-14)20-18(26-15(2)21-20)13-19(25)23-10-4-9-22(11-12-23)16(3)24/h5-8H,4,9-13H2,1-3H3. The Hall–Kier alpha value is -2.21. The van der Waals surface area contributed by atoms with Gasteiger partial charge in [0.15, 0.2) is 0 Å². The number of aromatic nitrogens is 1. The molecule has 2 amide bonds. The molecule has 0 unspecified atom stereocenters. The van der Waals surface area contributed by atoms with Crippen molar-refractivity contribution in [2.24, 2.45) is 0 Å². The molecule has 0 spiro atoms. The van der Waals surface area contributed by atoms with Crippen molar-refractivity contribution in [3.05, 3.63) is 39.7 Å². The number of thiazole rings is 1. The zero-order valence-electron chi connectivity index (χ0n) is 15.6. The minimum atomic E-state index is 0.0824. The minimum absolute atomic E-state index is 0.0824. The number of benzene rings is 1. The number of amides is 2. The van der Waals surface area contributed by atoms with Crippen LogP contribution in [0.5, 0.6) is 0 Å². The van der Waals surface area contributed by atoms with E-state index in [9.17, 15) is 9.59 Å². The Kier molecular flexibility index (Phi) is 5.71. The van der Waals surface area contributed by atoms with Gasteiger partial charge in [0.05, 0.1) is 17.1 Å². The molecule has 138 valence electrons. The fourth-order valence-corrected chi connectivity index (χ4v) is 4.21. The molecule has 0 aliphatic carbocycles. The number of rotatable bonds is 3. The molecular formula is C20H25N3O2S. The van der Waals surface area contributed by atoms with Gasteiger partial charge in [-0.2, -0.15) is 0 Å². The van der Waals surface area contributed by atoms with Gasteiger partial charge in [-0.05, 0) is 20.3 Å². The van der Waals surface area contributed by atoms with Crippen molar-refractivity contribution in [1.29, 1.82) is 0 Å². The van der Waals surface area contributed by atoms with Crippen LogP contribution in [0.25, 0.3) is 11.3 Å². The zero-order valence-corrected chi connectivity index (χ0v) is 16.4. The van der Waals surface area contributed by atoms with Gasteiger partial charge < -0.3 is 9.80 Å². The second kappa shape index (κ2) is 7.99. The summed E-state index contributed by atoms with van der Waals surface area (Å²) in [6.45, 7) is 8.29. The van der Waals surface area contributed by atoms with Crippen LogP contribution < -0.4 is 0 Å². The quantitative estimate of drug-likeness (QED) is 0.833. The Labute approximate surface area is 158 Å². The summed E-state index contributed by atoms with van der Waals surface area (Å²) < 4.78 is 0. The first-order chi connectivity index (χ1) is 12.4. The number of hydrogen-bond acceptors (Lipinski definition) is 4. The van der Waals surface area contributed by atoms with Crippen molar-refractivity contribution < 1.29 is 9.59 Å². The molecule has 0 saturated carbocycles. The Balaban J connectivity index is 1.73. The van der Waals surface area contributed by atoms with E-state index in [1.54, 1.807) is 18.3 Å². The monoisotopic (exact) mass is 371 g/mol. The summed E-state index contributed by atoms with van der Waals surface area (Å²) >= 11 is 1.59. The predicted octanol–water partition coefficient (Wildman–Crippen LogP) is 3.05. The van der Waals surface area contributed by atoms with Crippen LogP contribution in [0, 0.1) is 13.8 Å². The normalized spacial score (nSPS) is 15.0. The number of nitrogens with zero attached hydrogens (tertiary/aromatic N) is 3. The van der Waals surface area contributed by atoms with Gasteiger partial charge in [0.1, 0.15) is 0 Å². The third-order valence-electron chi connectivity index (χ3n) is 4.73. The van der Waals surface area contributed by atoms with E-state index in [-0.39, 0.29) is 11.8 Å². The third-order valence-corrected chi connectivity index (χ3v) is 5.71. The molecule has 3 rings (SSSR count). The lowest BCUT2D eigenvalue weighted by Crippen LogP contribution is -2.37. The lowest BCUT2D eigenvalue weighted by Gasteiger charge is -2.21. The van der Waals surface area contributed by atoms with Crippen LogP contribution in [0.2, 0.25) is 0 Å². The predicted molar refractivity (Wildman–Crippen MR) is 104 cm³/mol. The van der Waals surface area contributed by atoms with Crippen LogP contribution in [0.1, 0.15) is 28.8 Å². The van der Waals surface area contributed by atoms with E-state index < -0.39 is 0 Å². The molecule has 5 nitrogen and oxygen atoms in total. The first-order valence-electron chi connectivity index (χ1n) is 9.00. The van der Waals surface area contributed by atoms with E-state index >= 15 is 0 Å². The van der Waals surface area contributed by atoms with Crippen molar-refractivity contribution in [3.8, 4) is 11.3 Å². The first kappa shape index (κ1) is 18.6. The topological polar surface area (TPSA) is 53.5 Å².